The summed E-state index contributed by atoms with van der Waals surface area (Å²) >= 11 is 0. The molecule has 0 N–H and O–H groups in total. The van der Waals surface area contributed by atoms with Gasteiger partial charge in [0.1, 0.15) is 0 Å². The van der Waals surface area contributed by atoms with Gasteiger partial charge in [0.15, 0.2) is 0 Å². The number of nitrogens with zero attached hydrogens (tertiary/aromatic N) is 1. The van der Waals surface area contributed by atoms with Crippen LogP contribution in [0, 0.1) is 23.0 Å². The zero-order valence-corrected chi connectivity index (χ0v) is 15.4. The Kier molecular flexibility index (Phi) is 8.35. The predicted molar refractivity (Wildman–Crippen MR) is 90.4 cm³/mol. The van der Waals surface area contributed by atoms with Crippen LogP contribution in [0.15, 0.2) is 0 Å². The van der Waals surface area contributed by atoms with Gasteiger partial charge in [-0.15, -0.1) is 0 Å². The summed E-state index contributed by atoms with van der Waals surface area (Å²) in [5.41, 5.74) is 0. The van der Waals surface area contributed by atoms with Crippen LogP contribution >= 0.6 is 0 Å². The minimum absolute atomic E-state index is 0.0149. The van der Waals surface area contributed by atoms with Crippen molar-refractivity contribution >= 4 is 0 Å². The molecule has 0 amide bonds. The first-order chi connectivity index (χ1) is 9.18. The van der Waals surface area contributed by atoms with E-state index < -0.39 is 0 Å². The quantitative estimate of drug-likeness (QED) is 0.399. The van der Waals surface area contributed by atoms with E-state index in [2.05, 4.69) is 62.3 Å². The molecule has 0 aliphatic carbocycles. The molecule has 0 spiro atoms. The Hall–Kier alpha value is -0.0800. The topological polar surface area (TPSA) is 23.1 Å². The van der Waals surface area contributed by atoms with E-state index in [1.165, 1.54) is 0 Å². The third-order valence-corrected chi connectivity index (χ3v) is 6.31. The molecular weight excluding hydrogens is 246 g/mol. The molecule has 0 rings (SSSR count). The molecule has 0 aromatic carbocycles. The predicted octanol–water partition coefficient (Wildman–Crippen LogP) is 5.60. The minimum atomic E-state index is -0.0149. The Morgan fingerprint density at radius 1 is 0.600 bits per heavy atom. The highest BCUT2D eigenvalue weighted by molar-refractivity contribution is 4.76. The molecule has 0 radical (unpaired) electrons. The van der Waals surface area contributed by atoms with Gasteiger partial charge in [-0.25, -0.2) is 0 Å². The second kappa shape index (κ2) is 8.38. The van der Waals surface area contributed by atoms with Crippen LogP contribution in [-0.2, 0) is 0 Å². The van der Waals surface area contributed by atoms with Gasteiger partial charge in [0.25, 0.3) is 0 Å². The van der Waals surface area contributed by atoms with E-state index in [0.29, 0.717) is 17.8 Å². The van der Waals surface area contributed by atoms with Crippen LogP contribution in [0.25, 0.3) is 0 Å². The molecule has 0 heterocycles. The fraction of sp³-hybridized carbons (Fsp3) is 1.00. The maximum Gasteiger partial charge on any atom is 0.0888 e. The molecule has 0 fully saturated rings. The molecule has 0 aliphatic rings. The lowest BCUT2D eigenvalue weighted by Gasteiger charge is -2.60. The zero-order chi connectivity index (χ0) is 16.1. The summed E-state index contributed by atoms with van der Waals surface area (Å²) in [6.45, 7) is 19.9. The van der Waals surface area contributed by atoms with Crippen molar-refractivity contribution in [3.63, 3.8) is 0 Å². The molecular formula is C18H39NO. The fourth-order valence-electron chi connectivity index (χ4n) is 3.33. The van der Waals surface area contributed by atoms with Crippen LogP contribution in [0.3, 0.4) is 0 Å². The van der Waals surface area contributed by atoms with Crippen LogP contribution in [0.1, 0.15) is 81.6 Å². The van der Waals surface area contributed by atoms with Gasteiger partial charge in [-0.1, -0.05) is 41.5 Å². The standard InChI is InChI=1S/C18H39NO/c1-10-13(4)16(7)19(20,17(8)14(5)11-2)18(9)15(6)12-3/h13-18H,10-12H2,1-9H3. The molecule has 122 valence electrons. The highest BCUT2D eigenvalue weighted by atomic mass is 16.6. The lowest BCUT2D eigenvalue weighted by atomic mass is 9.87. The highest BCUT2D eigenvalue weighted by Gasteiger charge is 2.41. The number of hydrogen-bond acceptors (Lipinski definition) is 1. The number of hydrogen-bond donors (Lipinski definition) is 0. The van der Waals surface area contributed by atoms with Gasteiger partial charge in [0, 0.05) is 17.8 Å². The fourth-order valence-corrected chi connectivity index (χ4v) is 3.33. The SMILES string of the molecule is CCC(C)C(C)[N+]([O-])(C(C)C(C)CC)C(C)C(C)CC. The Morgan fingerprint density at radius 3 is 0.950 bits per heavy atom. The van der Waals surface area contributed by atoms with Gasteiger partial charge >= 0.3 is 0 Å². The van der Waals surface area contributed by atoms with Crippen molar-refractivity contribution in [1.82, 2.24) is 0 Å². The molecule has 6 unspecified atom stereocenters. The summed E-state index contributed by atoms with van der Waals surface area (Å²) in [5, 5.41) is 13.9. The van der Waals surface area contributed by atoms with Crippen LogP contribution in [0.5, 0.6) is 0 Å². The Bertz CT molecular complexity index is 225. The molecule has 0 saturated heterocycles. The van der Waals surface area contributed by atoms with Crippen molar-refractivity contribution in [3.8, 4) is 0 Å². The summed E-state index contributed by atoms with van der Waals surface area (Å²) < 4.78 is -0.0149. The zero-order valence-electron chi connectivity index (χ0n) is 15.4. The normalized spacial score (nSPS) is 24.3. The van der Waals surface area contributed by atoms with E-state index in [9.17, 15) is 5.21 Å². The van der Waals surface area contributed by atoms with E-state index in [4.69, 9.17) is 0 Å². The third kappa shape index (κ3) is 3.98. The van der Waals surface area contributed by atoms with Crippen molar-refractivity contribution in [2.75, 3.05) is 0 Å². The maximum atomic E-state index is 13.9. The van der Waals surface area contributed by atoms with Gasteiger partial charge < -0.3 is 9.85 Å². The van der Waals surface area contributed by atoms with E-state index in [-0.39, 0.29) is 22.8 Å². The van der Waals surface area contributed by atoms with Gasteiger partial charge in [0.2, 0.25) is 0 Å². The summed E-state index contributed by atoms with van der Waals surface area (Å²) in [4.78, 5) is 0. The average molecular weight is 286 g/mol. The molecule has 0 aromatic heterocycles. The summed E-state index contributed by atoms with van der Waals surface area (Å²) in [5.74, 6) is 1.43. The van der Waals surface area contributed by atoms with E-state index in [1.54, 1.807) is 0 Å². The van der Waals surface area contributed by atoms with Crippen molar-refractivity contribution in [2.24, 2.45) is 17.8 Å². The van der Waals surface area contributed by atoms with Gasteiger partial charge in [0.05, 0.1) is 18.1 Å². The first kappa shape index (κ1) is 19.9. The largest absolute Gasteiger partial charge is 0.632 e. The van der Waals surface area contributed by atoms with Gasteiger partial charge in [-0.05, 0) is 40.0 Å². The first-order valence-corrected chi connectivity index (χ1v) is 8.77. The van der Waals surface area contributed by atoms with Crippen LogP contribution in [0.2, 0.25) is 0 Å². The van der Waals surface area contributed by atoms with Crippen molar-refractivity contribution in [1.29, 1.82) is 0 Å². The second-order valence-electron chi connectivity index (χ2n) is 7.14. The minimum Gasteiger partial charge on any atom is -0.632 e. The van der Waals surface area contributed by atoms with Crippen LogP contribution in [-0.4, -0.2) is 22.8 Å². The van der Waals surface area contributed by atoms with E-state index in [1.807, 2.05) is 0 Å². The van der Waals surface area contributed by atoms with Crippen molar-refractivity contribution in [2.45, 2.75) is 99.7 Å². The van der Waals surface area contributed by atoms with Gasteiger partial charge in [-0.2, -0.15) is 0 Å². The molecule has 2 heteroatoms. The van der Waals surface area contributed by atoms with Crippen molar-refractivity contribution in [3.05, 3.63) is 5.21 Å². The second-order valence-corrected chi connectivity index (χ2v) is 7.14. The number of quaternary nitrogens is 1. The maximum absolute atomic E-state index is 13.9. The third-order valence-electron chi connectivity index (χ3n) is 6.31. The number of hydroxylamine groups is 3. The molecule has 0 aliphatic heterocycles. The van der Waals surface area contributed by atoms with Gasteiger partial charge in [-0.3, -0.25) is 0 Å². The monoisotopic (exact) mass is 285 g/mol. The summed E-state index contributed by atoms with van der Waals surface area (Å²) in [7, 11) is 0. The summed E-state index contributed by atoms with van der Waals surface area (Å²) in [6.07, 6.45) is 3.26. The first-order valence-electron chi connectivity index (χ1n) is 8.77. The molecule has 2 nitrogen and oxygen atoms in total. The Labute approximate surface area is 128 Å². The van der Waals surface area contributed by atoms with Crippen molar-refractivity contribution < 1.29 is 4.65 Å². The lowest BCUT2D eigenvalue weighted by molar-refractivity contribution is -0.956. The van der Waals surface area contributed by atoms with E-state index >= 15 is 0 Å². The molecule has 6 atom stereocenters. The smallest absolute Gasteiger partial charge is 0.0888 e. The van der Waals surface area contributed by atoms with E-state index in [0.717, 1.165) is 19.3 Å². The Balaban J connectivity index is 5.53. The molecule has 0 aromatic rings. The molecule has 20 heavy (non-hydrogen) atoms. The molecule has 0 bridgehead atoms. The number of rotatable bonds is 9. The molecule has 0 saturated carbocycles. The highest BCUT2D eigenvalue weighted by Crippen LogP contribution is 2.36. The average Bonchev–Trinajstić information content (AvgIpc) is 2.48. The Morgan fingerprint density at radius 2 is 0.800 bits per heavy atom. The van der Waals surface area contributed by atoms with Crippen LogP contribution in [0.4, 0.5) is 0 Å². The lowest BCUT2D eigenvalue weighted by Crippen LogP contribution is -2.65. The van der Waals surface area contributed by atoms with Crippen LogP contribution < -0.4 is 0 Å². The summed E-state index contributed by atoms with van der Waals surface area (Å²) in [6, 6.07) is 0.522.